The van der Waals surface area contributed by atoms with Crippen LogP contribution in [0, 0.1) is 0 Å². The monoisotopic (exact) mass is 340 g/mol. The molecule has 0 fully saturated rings. The van der Waals surface area contributed by atoms with Crippen molar-refractivity contribution in [1.29, 1.82) is 0 Å². The number of carbonyl (C=O) groups is 2. The van der Waals surface area contributed by atoms with Gasteiger partial charge in [-0.25, -0.2) is 0 Å². The largest absolute Gasteiger partial charge is 0.294 e. The van der Waals surface area contributed by atoms with Crippen LogP contribution < -0.4 is 0 Å². The summed E-state index contributed by atoms with van der Waals surface area (Å²) in [5.41, 5.74) is 0.750. The Balaban J connectivity index is 2.06. The van der Waals surface area contributed by atoms with Gasteiger partial charge < -0.3 is 0 Å². The van der Waals surface area contributed by atoms with Crippen molar-refractivity contribution in [3.8, 4) is 0 Å². The Hall–Kier alpha value is -1.35. The molecule has 0 unspecified atom stereocenters. The summed E-state index contributed by atoms with van der Waals surface area (Å²) in [5, 5.41) is 1.14. The summed E-state index contributed by atoms with van der Waals surface area (Å²) < 4.78 is 0. The molecule has 2 aromatic carbocycles. The van der Waals surface area contributed by atoms with Gasteiger partial charge in [-0.1, -0.05) is 46.9 Å². The van der Waals surface area contributed by atoms with Crippen molar-refractivity contribution in [1.82, 2.24) is 0 Å². The topological polar surface area (TPSA) is 34.1 Å². The van der Waals surface area contributed by atoms with E-state index in [1.54, 1.807) is 36.4 Å². The summed E-state index contributed by atoms with van der Waals surface area (Å²) in [5.74, 6) is -0.394. The van der Waals surface area contributed by atoms with Crippen LogP contribution in [-0.2, 0) is 0 Å². The number of halogens is 3. The molecule has 0 saturated heterocycles. The Kier molecular flexibility index (Phi) is 5.40. The number of carbonyl (C=O) groups excluding carboxylic acids is 2. The number of Topliss-reactive ketones (excluding diaryl/α,β-unsaturated/α-hetero) is 2. The third kappa shape index (κ3) is 4.07. The Morgan fingerprint density at radius 3 is 2.00 bits per heavy atom. The van der Waals surface area contributed by atoms with Crippen LogP contribution >= 0.6 is 34.8 Å². The van der Waals surface area contributed by atoms with Gasteiger partial charge in [0.15, 0.2) is 11.6 Å². The minimum atomic E-state index is -0.220. The molecule has 0 radical (unpaired) electrons. The van der Waals surface area contributed by atoms with Crippen LogP contribution in [0.25, 0.3) is 0 Å². The molecule has 5 heteroatoms. The summed E-state index contributed by atoms with van der Waals surface area (Å²) in [6.07, 6.45) is 0.134. The van der Waals surface area contributed by atoms with E-state index in [9.17, 15) is 9.59 Å². The van der Waals surface area contributed by atoms with Crippen LogP contribution in [0.2, 0.25) is 15.1 Å². The highest BCUT2D eigenvalue weighted by atomic mass is 35.5. The Bertz CT molecular complexity index is 696. The summed E-state index contributed by atoms with van der Waals surface area (Å²) in [7, 11) is 0. The first-order chi connectivity index (χ1) is 9.99. The van der Waals surface area contributed by atoms with E-state index >= 15 is 0 Å². The van der Waals surface area contributed by atoms with Crippen molar-refractivity contribution in [2.75, 3.05) is 0 Å². The highest BCUT2D eigenvalue weighted by Gasteiger charge is 2.15. The van der Waals surface area contributed by atoms with E-state index in [1.807, 2.05) is 0 Å². The maximum absolute atomic E-state index is 12.1. The van der Waals surface area contributed by atoms with Crippen molar-refractivity contribution in [3.05, 3.63) is 68.7 Å². The fourth-order valence-corrected chi connectivity index (χ4v) is 2.53. The Morgan fingerprint density at radius 1 is 0.762 bits per heavy atom. The van der Waals surface area contributed by atoms with E-state index in [1.165, 1.54) is 6.07 Å². The molecule has 108 valence electrons. The Labute approximate surface area is 137 Å². The lowest BCUT2D eigenvalue weighted by atomic mass is 10.0. The van der Waals surface area contributed by atoms with Crippen LogP contribution in [-0.4, -0.2) is 11.6 Å². The normalized spacial score (nSPS) is 10.4. The first kappa shape index (κ1) is 16.0. The molecule has 0 aromatic heterocycles. The van der Waals surface area contributed by atoms with Crippen LogP contribution in [0.1, 0.15) is 33.6 Å². The van der Waals surface area contributed by atoms with Crippen LogP contribution in [0.3, 0.4) is 0 Å². The van der Waals surface area contributed by atoms with Gasteiger partial charge in [0, 0.05) is 29.0 Å². The molecule has 0 saturated carbocycles. The van der Waals surface area contributed by atoms with Crippen molar-refractivity contribution < 1.29 is 9.59 Å². The predicted octanol–water partition coefficient (Wildman–Crippen LogP) is 5.49. The molecule has 0 bridgehead atoms. The summed E-state index contributed by atoms with van der Waals surface area (Å²) in [6.45, 7) is 0. The number of benzene rings is 2. The second-order valence-electron chi connectivity index (χ2n) is 4.45. The van der Waals surface area contributed by atoms with Crippen LogP contribution in [0.15, 0.2) is 42.5 Å². The number of hydrogen-bond acceptors (Lipinski definition) is 2. The van der Waals surface area contributed by atoms with Crippen molar-refractivity contribution in [2.45, 2.75) is 12.8 Å². The Morgan fingerprint density at radius 2 is 1.33 bits per heavy atom. The molecular formula is C16H11Cl3O2. The van der Waals surface area contributed by atoms with E-state index in [2.05, 4.69) is 0 Å². The molecule has 2 aromatic rings. The molecule has 0 aliphatic rings. The van der Waals surface area contributed by atoms with Gasteiger partial charge >= 0.3 is 0 Å². The average molecular weight is 342 g/mol. The zero-order valence-electron chi connectivity index (χ0n) is 10.9. The van der Waals surface area contributed by atoms with E-state index in [0.29, 0.717) is 26.2 Å². The van der Waals surface area contributed by atoms with Gasteiger partial charge in [0.2, 0.25) is 0 Å². The maximum atomic E-state index is 12.1. The minimum Gasteiger partial charge on any atom is -0.294 e. The third-order valence-electron chi connectivity index (χ3n) is 2.98. The van der Waals surface area contributed by atoms with Gasteiger partial charge in [-0.05, 0) is 30.3 Å². The molecule has 21 heavy (non-hydrogen) atoms. The summed E-state index contributed by atoms with van der Waals surface area (Å²) >= 11 is 17.8. The van der Waals surface area contributed by atoms with E-state index < -0.39 is 0 Å². The molecule has 0 aliphatic carbocycles. The molecular weight excluding hydrogens is 331 g/mol. The van der Waals surface area contributed by atoms with Crippen molar-refractivity contribution >= 4 is 46.4 Å². The summed E-state index contributed by atoms with van der Waals surface area (Å²) in [6, 6.07) is 11.4. The van der Waals surface area contributed by atoms with Gasteiger partial charge in [0.1, 0.15) is 0 Å². The average Bonchev–Trinajstić information content (AvgIpc) is 2.47. The summed E-state index contributed by atoms with van der Waals surface area (Å²) in [4.78, 5) is 24.2. The lowest BCUT2D eigenvalue weighted by molar-refractivity contribution is 0.0917. The highest BCUT2D eigenvalue weighted by molar-refractivity contribution is 6.36. The van der Waals surface area contributed by atoms with Crippen molar-refractivity contribution in [2.24, 2.45) is 0 Å². The molecule has 2 rings (SSSR count). The number of hydrogen-bond donors (Lipinski definition) is 0. The van der Waals surface area contributed by atoms with E-state index in [0.717, 1.165) is 0 Å². The number of rotatable bonds is 5. The van der Waals surface area contributed by atoms with Gasteiger partial charge in [0.05, 0.1) is 10.0 Å². The van der Waals surface area contributed by atoms with E-state index in [4.69, 9.17) is 34.8 Å². The van der Waals surface area contributed by atoms with Crippen LogP contribution in [0.5, 0.6) is 0 Å². The number of ketones is 2. The first-order valence-electron chi connectivity index (χ1n) is 6.25. The van der Waals surface area contributed by atoms with Gasteiger partial charge in [-0.2, -0.15) is 0 Å². The molecule has 0 spiro atoms. The minimum absolute atomic E-state index is 0.0596. The smallest absolute Gasteiger partial charge is 0.164 e. The molecule has 0 amide bonds. The van der Waals surface area contributed by atoms with Gasteiger partial charge in [-0.3, -0.25) is 9.59 Å². The lowest BCUT2D eigenvalue weighted by Crippen LogP contribution is -2.06. The fraction of sp³-hybridized carbons (Fsp3) is 0.125. The first-order valence-corrected chi connectivity index (χ1v) is 7.38. The fourth-order valence-electron chi connectivity index (χ4n) is 1.89. The standard InChI is InChI=1S/C16H11Cl3O2/c17-10-5-6-14(19)12(9-10)16(21)8-7-15(20)11-3-1-2-4-13(11)18/h1-6,9H,7-8H2. The zero-order valence-corrected chi connectivity index (χ0v) is 13.2. The van der Waals surface area contributed by atoms with E-state index in [-0.39, 0.29) is 24.4 Å². The molecule has 0 N–H and O–H groups in total. The second kappa shape index (κ2) is 7.08. The lowest BCUT2D eigenvalue weighted by Gasteiger charge is -2.05. The van der Waals surface area contributed by atoms with Crippen molar-refractivity contribution in [3.63, 3.8) is 0 Å². The maximum Gasteiger partial charge on any atom is 0.164 e. The molecule has 0 heterocycles. The zero-order chi connectivity index (χ0) is 15.4. The quantitative estimate of drug-likeness (QED) is 0.674. The third-order valence-corrected chi connectivity index (χ3v) is 3.88. The van der Waals surface area contributed by atoms with Gasteiger partial charge in [-0.15, -0.1) is 0 Å². The van der Waals surface area contributed by atoms with Crippen LogP contribution in [0.4, 0.5) is 0 Å². The second-order valence-corrected chi connectivity index (χ2v) is 5.70. The molecule has 0 aliphatic heterocycles. The molecule has 0 atom stereocenters. The predicted molar refractivity (Wildman–Crippen MR) is 85.8 cm³/mol. The van der Waals surface area contributed by atoms with Gasteiger partial charge in [0.25, 0.3) is 0 Å². The molecule has 2 nitrogen and oxygen atoms in total. The SMILES string of the molecule is O=C(CCC(=O)c1cc(Cl)ccc1Cl)c1ccccc1Cl. The highest BCUT2D eigenvalue weighted by Crippen LogP contribution is 2.23.